The third-order valence-electron chi connectivity index (χ3n) is 9.38. The number of para-hydroxylation sites is 1. The standard InChI is InChI=1S/C38H39ClN6O4/c39-29-10-8-26(9-11-29)19-30(42-38(48)36-22-34(46)32-21-31(12-13-35(32)49-36)45-25-40-24-41-45)20-27-14-17-43(18-15-27)33-6-2-1-5-28(33)23-44-16-4-3-7-37(44)47/h1-2,5-6,8-13,20-22,25,30,41H,3-4,7,14-19,23-24H2,(H,42,48). The van der Waals surface area contributed by atoms with Crippen molar-refractivity contribution in [2.75, 3.05) is 36.2 Å². The van der Waals surface area contributed by atoms with Crippen molar-refractivity contribution in [2.45, 2.75) is 51.1 Å². The SMILES string of the molecule is O=C(NC(C=C1CCN(c2ccccc2CN2CCCCC2=O)CC1)Cc1ccc(Cl)cc1)c1cc(=O)c2cc(N3C=NCN3)ccc2o1. The number of hydrogen-bond donors (Lipinski definition) is 2. The molecule has 0 radical (unpaired) electrons. The quantitative estimate of drug-likeness (QED) is 0.214. The smallest absolute Gasteiger partial charge is 0.287 e. The van der Waals surface area contributed by atoms with Crippen LogP contribution < -0.4 is 26.1 Å². The third-order valence-corrected chi connectivity index (χ3v) is 9.64. The van der Waals surface area contributed by atoms with Crippen molar-refractivity contribution in [1.82, 2.24) is 15.6 Å². The van der Waals surface area contributed by atoms with Crippen LogP contribution in [0.3, 0.4) is 0 Å². The van der Waals surface area contributed by atoms with Gasteiger partial charge in [-0.15, -0.1) is 0 Å². The lowest BCUT2D eigenvalue weighted by molar-refractivity contribution is -0.133. The average Bonchev–Trinajstić information content (AvgIpc) is 3.66. The topological polar surface area (TPSA) is 110 Å². The summed E-state index contributed by atoms with van der Waals surface area (Å²) in [5, 5.41) is 5.89. The van der Waals surface area contributed by atoms with Crippen molar-refractivity contribution in [3.8, 4) is 0 Å². The molecular weight excluding hydrogens is 640 g/mol. The van der Waals surface area contributed by atoms with E-state index in [4.69, 9.17) is 16.0 Å². The van der Waals surface area contributed by atoms with Gasteiger partial charge in [0.1, 0.15) is 18.6 Å². The van der Waals surface area contributed by atoms with Crippen molar-refractivity contribution in [2.24, 2.45) is 4.99 Å². The summed E-state index contributed by atoms with van der Waals surface area (Å²) in [4.78, 5) is 47.8. The Kier molecular flexibility index (Phi) is 9.77. The summed E-state index contributed by atoms with van der Waals surface area (Å²) in [6.07, 6.45) is 8.70. The van der Waals surface area contributed by atoms with E-state index in [1.165, 1.54) is 22.9 Å². The molecule has 4 aromatic rings. The number of piperidine rings is 2. The van der Waals surface area contributed by atoms with Gasteiger partial charge in [-0.25, -0.2) is 5.43 Å². The number of hydrazine groups is 1. The van der Waals surface area contributed by atoms with Gasteiger partial charge in [-0.2, -0.15) is 0 Å². The maximum absolute atomic E-state index is 13.6. The average molecular weight is 679 g/mol. The number of anilines is 2. The van der Waals surface area contributed by atoms with Gasteiger partial charge in [-0.3, -0.25) is 24.4 Å². The lowest BCUT2D eigenvalue weighted by atomic mass is 9.97. The fraction of sp³-hybridized carbons (Fsp3) is 0.316. The van der Waals surface area contributed by atoms with Crippen LogP contribution in [0.4, 0.5) is 11.4 Å². The minimum absolute atomic E-state index is 0.0378. The molecule has 0 aliphatic carbocycles. The Morgan fingerprint density at radius 2 is 1.80 bits per heavy atom. The molecule has 0 saturated carbocycles. The van der Waals surface area contributed by atoms with Gasteiger partial charge in [0, 0.05) is 49.4 Å². The van der Waals surface area contributed by atoms with Crippen LogP contribution in [-0.2, 0) is 17.8 Å². The van der Waals surface area contributed by atoms with E-state index in [9.17, 15) is 14.4 Å². The molecule has 49 heavy (non-hydrogen) atoms. The van der Waals surface area contributed by atoms with Gasteiger partial charge in [0.25, 0.3) is 5.91 Å². The van der Waals surface area contributed by atoms with Gasteiger partial charge in [0.05, 0.1) is 17.1 Å². The first-order valence-corrected chi connectivity index (χ1v) is 17.2. The van der Waals surface area contributed by atoms with Gasteiger partial charge < -0.3 is 19.5 Å². The normalized spacial score (nSPS) is 17.1. The zero-order chi connectivity index (χ0) is 33.7. The second kappa shape index (κ2) is 14.7. The number of amides is 2. The van der Waals surface area contributed by atoms with Crippen LogP contribution in [0.15, 0.2) is 98.6 Å². The molecule has 2 amide bonds. The molecule has 0 spiro atoms. The van der Waals surface area contributed by atoms with E-state index in [1.807, 2.05) is 41.3 Å². The first-order valence-electron chi connectivity index (χ1n) is 16.9. The zero-order valence-electron chi connectivity index (χ0n) is 27.2. The maximum Gasteiger partial charge on any atom is 0.287 e. The number of likely N-dealkylation sites (tertiary alicyclic amines) is 1. The molecule has 252 valence electrons. The molecule has 1 unspecified atom stereocenters. The molecule has 1 atom stereocenters. The van der Waals surface area contributed by atoms with Gasteiger partial charge in [0.2, 0.25) is 5.91 Å². The Labute approximate surface area is 290 Å². The predicted molar refractivity (Wildman–Crippen MR) is 193 cm³/mol. The summed E-state index contributed by atoms with van der Waals surface area (Å²) in [5.41, 5.74) is 8.50. The van der Waals surface area contributed by atoms with Gasteiger partial charge in [-0.05, 0) is 79.6 Å². The van der Waals surface area contributed by atoms with Crippen LogP contribution in [0.1, 0.15) is 53.8 Å². The molecule has 11 heteroatoms. The summed E-state index contributed by atoms with van der Waals surface area (Å²) in [6.45, 7) is 3.58. The molecule has 3 aromatic carbocycles. The Morgan fingerprint density at radius 1 is 0.980 bits per heavy atom. The minimum Gasteiger partial charge on any atom is -0.451 e. The highest BCUT2D eigenvalue weighted by Gasteiger charge is 2.23. The lowest BCUT2D eigenvalue weighted by Gasteiger charge is -2.34. The lowest BCUT2D eigenvalue weighted by Crippen LogP contribution is -2.37. The molecule has 2 N–H and O–H groups in total. The molecule has 1 aromatic heterocycles. The molecular formula is C38H39ClN6O4. The molecule has 2 saturated heterocycles. The summed E-state index contributed by atoms with van der Waals surface area (Å²) in [5.74, 6) is -0.253. The number of carbonyl (C=O) groups is 2. The molecule has 10 nitrogen and oxygen atoms in total. The van der Waals surface area contributed by atoms with Crippen molar-refractivity contribution in [3.63, 3.8) is 0 Å². The van der Waals surface area contributed by atoms with E-state index in [1.54, 1.807) is 23.5 Å². The Hall–Kier alpha value is -4.93. The highest BCUT2D eigenvalue weighted by atomic mass is 35.5. The molecule has 4 heterocycles. The van der Waals surface area contributed by atoms with Gasteiger partial charge in [0.15, 0.2) is 11.2 Å². The van der Waals surface area contributed by atoms with Crippen LogP contribution in [0.25, 0.3) is 11.0 Å². The summed E-state index contributed by atoms with van der Waals surface area (Å²) in [6, 6.07) is 22.1. The number of hydrogen-bond acceptors (Lipinski definition) is 8. The first-order chi connectivity index (χ1) is 23.9. The number of nitrogens with zero attached hydrogens (tertiary/aromatic N) is 4. The number of rotatable bonds is 9. The summed E-state index contributed by atoms with van der Waals surface area (Å²) in [7, 11) is 0. The van der Waals surface area contributed by atoms with Crippen molar-refractivity contribution >= 4 is 52.1 Å². The Bertz CT molecular complexity index is 1960. The maximum atomic E-state index is 13.6. The van der Waals surface area contributed by atoms with E-state index in [0.29, 0.717) is 42.0 Å². The van der Waals surface area contributed by atoms with Gasteiger partial charge >= 0.3 is 0 Å². The minimum atomic E-state index is -0.453. The zero-order valence-corrected chi connectivity index (χ0v) is 28.0. The second-order valence-corrected chi connectivity index (χ2v) is 13.2. The number of benzene rings is 3. The second-order valence-electron chi connectivity index (χ2n) is 12.8. The van der Waals surface area contributed by atoms with Crippen molar-refractivity contribution in [1.29, 1.82) is 0 Å². The van der Waals surface area contributed by atoms with E-state index < -0.39 is 5.91 Å². The van der Waals surface area contributed by atoms with Crippen LogP contribution in [0, 0.1) is 0 Å². The third kappa shape index (κ3) is 7.71. The Balaban J connectivity index is 1.07. The fourth-order valence-corrected chi connectivity index (χ4v) is 6.91. The number of halogens is 1. The predicted octanol–water partition coefficient (Wildman–Crippen LogP) is 5.84. The van der Waals surface area contributed by atoms with Gasteiger partial charge in [-0.1, -0.05) is 53.6 Å². The number of carbonyl (C=O) groups excluding carboxylic acids is 2. The molecule has 7 rings (SSSR count). The molecule has 3 aliphatic rings. The van der Waals surface area contributed by atoms with E-state index in [-0.39, 0.29) is 23.1 Å². The first kappa shape index (κ1) is 32.6. The van der Waals surface area contributed by atoms with E-state index in [2.05, 4.69) is 44.9 Å². The van der Waals surface area contributed by atoms with E-state index in [0.717, 1.165) is 56.6 Å². The number of nitrogens with one attached hydrogen (secondary N) is 2. The molecule has 2 fully saturated rings. The van der Waals surface area contributed by atoms with Crippen molar-refractivity contribution in [3.05, 3.63) is 117 Å². The monoisotopic (exact) mass is 678 g/mol. The highest BCUT2D eigenvalue weighted by Crippen LogP contribution is 2.29. The summed E-state index contributed by atoms with van der Waals surface area (Å²) >= 11 is 6.15. The largest absolute Gasteiger partial charge is 0.451 e. The number of aliphatic imine (C=N–C) groups is 1. The highest BCUT2D eigenvalue weighted by molar-refractivity contribution is 6.30. The van der Waals surface area contributed by atoms with Crippen LogP contribution in [0.5, 0.6) is 0 Å². The van der Waals surface area contributed by atoms with Crippen LogP contribution >= 0.6 is 11.6 Å². The Morgan fingerprint density at radius 3 is 2.57 bits per heavy atom. The molecule has 0 bridgehead atoms. The molecule has 3 aliphatic heterocycles. The fourth-order valence-electron chi connectivity index (χ4n) is 6.78. The van der Waals surface area contributed by atoms with Crippen LogP contribution in [-0.4, -0.2) is 55.4 Å². The van der Waals surface area contributed by atoms with Crippen molar-refractivity contribution < 1.29 is 14.0 Å². The summed E-state index contributed by atoms with van der Waals surface area (Å²) < 4.78 is 5.96. The van der Waals surface area contributed by atoms with Crippen LogP contribution in [0.2, 0.25) is 5.02 Å². The van der Waals surface area contributed by atoms with E-state index >= 15 is 0 Å². The number of fused-ring (bicyclic) bond motifs is 1.